The maximum absolute atomic E-state index is 14.0. The van der Waals surface area contributed by atoms with Crippen molar-refractivity contribution in [1.29, 1.82) is 0 Å². The zero-order valence-electron chi connectivity index (χ0n) is 13.4. The quantitative estimate of drug-likeness (QED) is 0.754. The lowest BCUT2D eigenvalue weighted by Gasteiger charge is -2.36. The largest absolute Gasteiger partial charge is 0.338 e. The van der Waals surface area contributed by atoms with Gasteiger partial charge < -0.3 is 4.90 Å². The van der Waals surface area contributed by atoms with Crippen LogP contribution in [0.3, 0.4) is 0 Å². The second-order valence-electron chi connectivity index (χ2n) is 5.66. The second-order valence-corrected chi connectivity index (χ2v) is 8.36. The monoisotopic (exact) mass is 380 g/mol. The zero-order valence-corrected chi connectivity index (χ0v) is 15.0. The highest BCUT2D eigenvalue weighted by molar-refractivity contribution is 7.89. The third-order valence-corrected chi connectivity index (χ3v) is 6.59. The summed E-state index contributed by atoms with van der Waals surface area (Å²) >= 11 is 5.50. The first-order valence-corrected chi connectivity index (χ1v) is 9.56. The normalized spacial score (nSPS) is 16.7. The Bertz CT molecular complexity index is 734. The molecule has 134 valence electrons. The molecule has 1 fully saturated rings. The summed E-state index contributed by atoms with van der Waals surface area (Å²) < 4.78 is 52.3. The molecular weight excluding hydrogens is 362 g/mol. The maximum atomic E-state index is 14.0. The van der Waals surface area contributed by atoms with E-state index in [0.717, 1.165) is 12.1 Å². The fourth-order valence-electron chi connectivity index (χ4n) is 2.72. The molecule has 0 aromatic heterocycles. The van der Waals surface area contributed by atoms with Crippen LogP contribution < -0.4 is 0 Å². The minimum absolute atomic E-state index is 0.0158. The molecule has 9 heteroatoms. The number of benzene rings is 1. The predicted octanol–water partition coefficient (Wildman–Crippen LogP) is 2.50. The van der Waals surface area contributed by atoms with E-state index < -0.39 is 32.6 Å². The highest BCUT2D eigenvalue weighted by Crippen LogP contribution is 2.25. The number of piperidine rings is 1. The van der Waals surface area contributed by atoms with Crippen LogP contribution in [-0.2, 0) is 10.0 Å². The van der Waals surface area contributed by atoms with E-state index >= 15 is 0 Å². The van der Waals surface area contributed by atoms with E-state index in [1.165, 1.54) is 16.3 Å². The molecule has 1 amide bonds. The Morgan fingerprint density at radius 1 is 1.33 bits per heavy atom. The second kappa shape index (κ2) is 7.33. The summed E-state index contributed by atoms with van der Waals surface area (Å²) in [5, 5.41) is -0.704. The van der Waals surface area contributed by atoms with Crippen molar-refractivity contribution in [2.45, 2.75) is 25.8 Å². The lowest BCUT2D eigenvalue weighted by molar-refractivity contribution is 0.0681. The summed E-state index contributed by atoms with van der Waals surface area (Å²) in [5.74, 6) is -2.55. The first-order valence-electron chi connectivity index (χ1n) is 7.57. The van der Waals surface area contributed by atoms with Crippen LogP contribution in [0.5, 0.6) is 0 Å². The summed E-state index contributed by atoms with van der Waals surface area (Å²) in [6.45, 7) is 2.16. The Hall–Kier alpha value is -1.25. The number of amides is 1. The number of rotatable bonds is 4. The van der Waals surface area contributed by atoms with Crippen LogP contribution >= 0.6 is 11.6 Å². The predicted molar refractivity (Wildman–Crippen MR) is 87.5 cm³/mol. The molecule has 0 bridgehead atoms. The molecule has 1 heterocycles. The topological polar surface area (TPSA) is 57.7 Å². The number of sulfonamides is 1. The van der Waals surface area contributed by atoms with Gasteiger partial charge in [0.1, 0.15) is 10.8 Å². The molecule has 5 nitrogen and oxygen atoms in total. The molecule has 1 saturated heterocycles. The van der Waals surface area contributed by atoms with Crippen LogP contribution in [0.1, 0.15) is 30.1 Å². The lowest BCUT2D eigenvalue weighted by Crippen LogP contribution is -2.47. The smallest absolute Gasteiger partial charge is 0.256 e. The average Bonchev–Trinajstić information content (AvgIpc) is 2.58. The number of hydrogen-bond donors (Lipinski definition) is 0. The fraction of sp³-hybridized carbons (Fsp3) is 0.533. The fourth-order valence-corrected chi connectivity index (χ4v) is 3.96. The molecule has 2 rings (SSSR count). The number of carbonyl (C=O) groups excluding carboxylic acids is 1. The van der Waals surface area contributed by atoms with Crippen molar-refractivity contribution in [3.8, 4) is 0 Å². The van der Waals surface area contributed by atoms with Gasteiger partial charge in [-0.15, -0.1) is 0 Å². The van der Waals surface area contributed by atoms with Crippen molar-refractivity contribution < 1.29 is 22.0 Å². The van der Waals surface area contributed by atoms with Gasteiger partial charge in [-0.1, -0.05) is 11.6 Å². The van der Waals surface area contributed by atoms with Gasteiger partial charge in [0, 0.05) is 26.2 Å². The summed E-state index contributed by atoms with van der Waals surface area (Å²) in [7, 11) is -1.77. The number of carbonyl (C=O) groups is 1. The Kier molecular flexibility index (Phi) is 5.83. The van der Waals surface area contributed by atoms with Crippen LogP contribution in [0.15, 0.2) is 12.1 Å². The van der Waals surface area contributed by atoms with Crippen molar-refractivity contribution in [1.82, 2.24) is 9.21 Å². The molecule has 0 aliphatic carbocycles. The lowest BCUT2D eigenvalue weighted by atomic mass is 10.0. The number of hydrogen-bond acceptors (Lipinski definition) is 3. The van der Waals surface area contributed by atoms with E-state index in [4.69, 9.17) is 11.6 Å². The van der Waals surface area contributed by atoms with Gasteiger partial charge >= 0.3 is 0 Å². The molecule has 1 aromatic carbocycles. The molecule has 0 unspecified atom stereocenters. The number of nitrogens with zero attached hydrogens (tertiary/aromatic N) is 2. The first-order chi connectivity index (χ1) is 11.2. The standard InChI is InChI=1S/C15H19ClF2N2O3S/c1-3-24(22,23)19(2)10-6-8-20(9-7-10)15(21)11-4-5-12(17)13(16)14(11)18/h4-5,10H,3,6-9H2,1-2H3. The molecule has 0 N–H and O–H groups in total. The van der Waals surface area contributed by atoms with E-state index in [1.54, 1.807) is 6.92 Å². The molecule has 24 heavy (non-hydrogen) atoms. The third kappa shape index (κ3) is 3.70. The summed E-state index contributed by atoms with van der Waals surface area (Å²) in [5.41, 5.74) is -0.283. The number of halogens is 3. The molecule has 0 atom stereocenters. The van der Waals surface area contributed by atoms with E-state index in [0.29, 0.717) is 25.9 Å². The third-order valence-electron chi connectivity index (χ3n) is 4.34. The SMILES string of the molecule is CCS(=O)(=O)N(C)C1CCN(C(=O)c2ccc(F)c(Cl)c2F)CC1. The molecule has 1 aliphatic rings. The van der Waals surface area contributed by atoms with E-state index in [2.05, 4.69) is 0 Å². The molecule has 0 saturated carbocycles. The van der Waals surface area contributed by atoms with Crippen LogP contribution in [-0.4, -0.2) is 55.5 Å². The molecular formula is C15H19ClF2N2O3S. The molecule has 1 aliphatic heterocycles. The van der Waals surface area contributed by atoms with Gasteiger partial charge in [0.25, 0.3) is 5.91 Å². The van der Waals surface area contributed by atoms with Crippen LogP contribution in [0.2, 0.25) is 5.02 Å². The average molecular weight is 381 g/mol. The molecule has 0 radical (unpaired) electrons. The first kappa shape index (κ1) is 19.1. The minimum atomic E-state index is -3.29. The maximum Gasteiger partial charge on any atom is 0.256 e. The van der Waals surface area contributed by atoms with E-state index in [1.807, 2.05) is 0 Å². The summed E-state index contributed by atoms with van der Waals surface area (Å²) in [4.78, 5) is 13.8. The van der Waals surface area contributed by atoms with Gasteiger partial charge in [-0.25, -0.2) is 21.5 Å². The van der Waals surface area contributed by atoms with Crippen LogP contribution in [0.4, 0.5) is 8.78 Å². The Labute approximate surface area is 145 Å². The minimum Gasteiger partial charge on any atom is -0.338 e. The van der Waals surface area contributed by atoms with Crippen molar-refractivity contribution >= 4 is 27.5 Å². The van der Waals surface area contributed by atoms with Gasteiger partial charge in [0.15, 0.2) is 5.82 Å². The summed E-state index contributed by atoms with van der Waals surface area (Å²) in [6, 6.07) is 1.83. The van der Waals surface area contributed by atoms with Crippen molar-refractivity contribution in [3.63, 3.8) is 0 Å². The van der Waals surface area contributed by atoms with Gasteiger partial charge in [0.05, 0.1) is 11.3 Å². The van der Waals surface area contributed by atoms with Crippen molar-refractivity contribution in [2.75, 3.05) is 25.9 Å². The van der Waals surface area contributed by atoms with Gasteiger partial charge in [-0.2, -0.15) is 0 Å². The van der Waals surface area contributed by atoms with E-state index in [-0.39, 0.29) is 17.4 Å². The number of likely N-dealkylation sites (tertiary alicyclic amines) is 1. The zero-order chi connectivity index (χ0) is 18.1. The van der Waals surface area contributed by atoms with Gasteiger partial charge in [-0.3, -0.25) is 4.79 Å². The Balaban J connectivity index is 2.08. The van der Waals surface area contributed by atoms with Crippen molar-refractivity contribution in [3.05, 3.63) is 34.4 Å². The molecule has 1 aromatic rings. The van der Waals surface area contributed by atoms with Crippen molar-refractivity contribution in [2.24, 2.45) is 0 Å². The van der Waals surface area contributed by atoms with E-state index in [9.17, 15) is 22.0 Å². The Morgan fingerprint density at radius 2 is 1.92 bits per heavy atom. The van der Waals surface area contributed by atoms with Crippen LogP contribution in [0, 0.1) is 11.6 Å². The highest BCUT2D eigenvalue weighted by atomic mass is 35.5. The van der Waals surface area contributed by atoms with Gasteiger partial charge in [0.2, 0.25) is 10.0 Å². The summed E-state index contributed by atoms with van der Waals surface area (Å²) in [6.07, 6.45) is 0.913. The molecule has 0 spiro atoms. The van der Waals surface area contributed by atoms with Crippen LogP contribution in [0.25, 0.3) is 0 Å². The highest BCUT2D eigenvalue weighted by Gasteiger charge is 2.31. The van der Waals surface area contributed by atoms with Gasteiger partial charge in [-0.05, 0) is 31.9 Å². The Morgan fingerprint density at radius 3 is 2.46 bits per heavy atom.